The van der Waals surface area contributed by atoms with Gasteiger partial charge in [-0.1, -0.05) is 23.7 Å². The highest BCUT2D eigenvalue weighted by Gasteiger charge is 2.36. The molecular weight excluding hydrogens is 226 g/mol. The van der Waals surface area contributed by atoms with E-state index in [2.05, 4.69) is 4.90 Å². The Balaban J connectivity index is 2.25. The van der Waals surface area contributed by atoms with E-state index < -0.39 is 5.97 Å². The van der Waals surface area contributed by atoms with Crippen LogP contribution in [-0.4, -0.2) is 36.1 Å². The first-order valence-corrected chi connectivity index (χ1v) is 5.62. The first kappa shape index (κ1) is 11.4. The highest BCUT2D eigenvalue weighted by Crippen LogP contribution is 2.32. The minimum atomic E-state index is -0.718. The zero-order valence-corrected chi connectivity index (χ0v) is 9.81. The summed E-state index contributed by atoms with van der Waals surface area (Å²) >= 11 is 5.82. The highest BCUT2D eigenvalue weighted by atomic mass is 35.5. The van der Waals surface area contributed by atoms with Crippen LogP contribution >= 0.6 is 11.6 Å². The minimum Gasteiger partial charge on any atom is -0.481 e. The van der Waals surface area contributed by atoms with Gasteiger partial charge in [0.2, 0.25) is 0 Å². The maximum Gasteiger partial charge on any atom is 0.308 e. The number of hydrogen-bond donors (Lipinski definition) is 1. The van der Waals surface area contributed by atoms with Crippen LogP contribution in [0, 0.1) is 5.92 Å². The monoisotopic (exact) mass is 239 g/mol. The van der Waals surface area contributed by atoms with Gasteiger partial charge in [-0.15, -0.1) is 0 Å². The Morgan fingerprint density at radius 1 is 1.38 bits per heavy atom. The van der Waals surface area contributed by atoms with Gasteiger partial charge in [-0.2, -0.15) is 0 Å². The van der Waals surface area contributed by atoms with Gasteiger partial charge in [0.15, 0.2) is 0 Å². The number of hydrogen-bond acceptors (Lipinski definition) is 2. The summed E-state index contributed by atoms with van der Waals surface area (Å²) in [6.07, 6.45) is 0. The molecule has 0 spiro atoms. The maximum absolute atomic E-state index is 11.1. The maximum atomic E-state index is 11.1. The van der Waals surface area contributed by atoms with Crippen LogP contribution in [0.5, 0.6) is 0 Å². The van der Waals surface area contributed by atoms with Crippen molar-refractivity contribution in [2.24, 2.45) is 5.92 Å². The lowest BCUT2D eigenvalue weighted by Gasteiger charge is -2.14. The number of likely N-dealkylation sites (tertiary alicyclic amines) is 1. The van der Waals surface area contributed by atoms with E-state index in [1.54, 1.807) is 0 Å². The Kier molecular flexibility index (Phi) is 3.17. The third-order valence-electron chi connectivity index (χ3n) is 3.12. The molecular formula is C12H14ClNO2. The van der Waals surface area contributed by atoms with Gasteiger partial charge in [0.25, 0.3) is 0 Å². The fraction of sp³-hybridized carbons (Fsp3) is 0.417. The molecule has 0 unspecified atom stereocenters. The van der Waals surface area contributed by atoms with Gasteiger partial charge >= 0.3 is 5.97 Å². The summed E-state index contributed by atoms with van der Waals surface area (Å²) in [5.41, 5.74) is 1.06. The first-order valence-electron chi connectivity index (χ1n) is 5.24. The summed E-state index contributed by atoms with van der Waals surface area (Å²) in [6.45, 7) is 1.40. The van der Waals surface area contributed by atoms with Gasteiger partial charge in [0.1, 0.15) is 0 Å². The zero-order valence-electron chi connectivity index (χ0n) is 9.06. The molecule has 1 heterocycles. The lowest BCUT2D eigenvalue weighted by Crippen LogP contribution is -2.21. The van der Waals surface area contributed by atoms with Crippen LogP contribution in [0.15, 0.2) is 24.3 Å². The molecule has 1 saturated heterocycles. The molecule has 0 aliphatic carbocycles. The quantitative estimate of drug-likeness (QED) is 0.859. The van der Waals surface area contributed by atoms with Crippen LogP contribution in [0.2, 0.25) is 5.02 Å². The molecule has 1 N–H and O–H groups in total. The number of nitrogens with zero attached hydrogens (tertiary/aromatic N) is 1. The molecule has 1 aliphatic heterocycles. The van der Waals surface area contributed by atoms with Crippen molar-refractivity contribution >= 4 is 17.6 Å². The van der Waals surface area contributed by atoms with Crippen molar-refractivity contribution in [1.82, 2.24) is 4.90 Å². The Bertz CT molecular complexity index is 391. The van der Waals surface area contributed by atoms with Crippen molar-refractivity contribution in [3.63, 3.8) is 0 Å². The Morgan fingerprint density at radius 3 is 2.56 bits per heavy atom. The second-order valence-electron chi connectivity index (χ2n) is 4.32. The molecule has 4 heteroatoms. The number of likely N-dealkylation sites (N-methyl/N-ethyl adjacent to an activating group) is 1. The van der Waals surface area contributed by atoms with Crippen molar-refractivity contribution < 1.29 is 9.90 Å². The van der Waals surface area contributed by atoms with E-state index in [9.17, 15) is 4.79 Å². The summed E-state index contributed by atoms with van der Waals surface area (Å²) in [7, 11) is 1.95. The molecule has 1 fully saturated rings. The SMILES string of the molecule is CN1C[C@H](c2ccc(Cl)cc2)[C@H](C(=O)O)C1. The van der Waals surface area contributed by atoms with E-state index >= 15 is 0 Å². The normalized spacial score (nSPS) is 25.9. The Hall–Kier alpha value is -1.06. The average Bonchev–Trinajstić information content (AvgIpc) is 2.61. The van der Waals surface area contributed by atoms with Gasteiger partial charge < -0.3 is 10.0 Å². The molecule has 0 bridgehead atoms. The fourth-order valence-electron chi connectivity index (χ4n) is 2.30. The lowest BCUT2D eigenvalue weighted by atomic mass is 9.89. The molecule has 1 aliphatic rings. The largest absolute Gasteiger partial charge is 0.481 e. The van der Waals surface area contributed by atoms with Crippen molar-refractivity contribution in [3.05, 3.63) is 34.9 Å². The number of rotatable bonds is 2. The smallest absolute Gasteiger partial charge is 0.308 e. The number of halogens is 1. The molecule has 3 nitrogen and oxygen atoms in total. The van der Waals surface area contributed by atoms with Crippen LogP contribution < -0.4 is 0 Å². The lowest BCUT2D eigenvalue weighted by molar-refractivity contribution is -0.141. The summed E-state index contributed by atoms with van der Waals surface area (Å²) < 4.78 is 0. The topological polar surface area (TPSA) is 40.5 Å². The van der Waals surface area contributed by atoms with E-state index in [4.69, 9.17) is 16.7 Å². The van der Waals surface area contributed by atoms with Crippen LogP contribution in [0.25, 0.3) is 0 Å². The van der Waals surface area contributed by atoms with E-state index in [1.807, 2.05) is 31.3 Å². The van der Waals surface area contributed by atoms with E-state index in [-0.39, 0.29) is 11.8 Å². The third kappa shape index (κ3) is 2.20. The number of carboxylic acid groups (broad SMARTS) is 1. The van der Waals surface area contributed by atoms with E-state index in [0.717, 1.165) is 12.1 Å². The number of aliphatic carboxylic acids is 1. The van der Waals surface area contributed by atoms with Gasteiger partial charge in [0, 0.05) is 24.0 Å². The Morgan fingerprint density at radius 2 is 2.00 bits per heavy atom. The molecule has 2 atom stereocenters. The predicted molar refractivity (Wildman–Crippen MR) is 62.8 cm³/mol. The van der Waals surface area contributed by atoms with Gasteiger partial charge in [0.05, 0.1) is 5.92 Å². The van der Waals surface area contributed by atoms with Crippen LogP contribution in [0.1, 0.15) is 11.5 Å². The molecule has 0 radical (unpaired) electrons. The molecule has 1 aromatic rings. The molecule has 0 amide bonds. The second kappa shape index (κ2) is 4.44. The van der Waals surface area contributed by atoms with Gasteiger partial charge in [-0.3, -0.25) is 4.79 Å². The van der Waals surface area contributed by atoms with E-state index in [1.165, 1.54) is 0 Å². The van der Waals surface area contributed by atoms with Crippen LogP contribution in [0.3, 0.4) is 0 Å². The minimum absolute atomic E-state index is 0.0692. The van der Waals surface area contributed by atoms with Gasteiger partial charge in [-0.25, -0.2) is 0 Å². The van der Waals surface area contributed by atoms with Crippen LogP contribution in [0.4, 0.5) is 0 Å². The van der Waals surface area contributed by atoms with Crippen LogP contribution in [-0.2, 0) is 4.79 Å². The Labute approximate surface area is 99.6 Å². The molecule has 0 aromatic heterocycles. The zero-order chi connectivity index (χ0) is 11.7. The molecule has 1 aromatic carbocycles. The standard InChI is InChI=1S/C12H14ClNO2/c1-14-6-10(11(7-14)12(15)16)8-2-4-9(13)5-3-8/h2-5,10-11H,6-7H2,1H3,(H,15,16)/t10-,11-/m1/s1. The van der Waals surface area contributed by atoms with Crippen molar-refractivity contribution in [2.75, 3.05) is 20.1 Å². The predicted octanol–water partition coefficient (Wildman–Crippen LogP) is 2.07. The third-order valence-corrected chi connectivity index (χ3v) is 3.37. The average molecular weight is 240 g/mol. The van der Waals surface area contributed by atoms with Crippen molar-refractivity contribution in [2.45, 2.75) is 5.92 Å². The molecule has 0 saturated carbocycles. The summed E-state index contributed by atoms with van der Waals surface area (Å²) in [5.74, 6) is -0.963. The molecule has 16 heavy (non-hydrogen) atoms. The summed E-state index contributed by atoms with van der Waals surface area (Å²) in [5, 5.41) is 9.85. The second-order valence-corrected chi connectivity index (χ2v) is 4.76. The molecule has 2 rings (SSSR count). The van der Waals surface area contributed by atoms with Crippen molar-refractivity contribution in [1.29, 1.82) is 0 Å². The first-order chi connectivity index (χ1) is 7.58. The number of benzene rings is 1. The fourth-order valence-corrected chi connectivity index (χ4v) is 2.42. The summed E-state index contributed by atoms with van der Waals surface area (Å²) in [6, 6.07) is 7.46. The highest BCUT2D eigenvalue weighted by molar-refractivity contribution is 6.30. The summed E-state index contributed by atoms with van der Waals surface area (Å²) in [4.78, 5) is 13.2. The van der Waals surface area contributed by atoms with E-state index in [0.29, 0.717) is 11.6 Å². The van der Waals surface area contributed by atoms with Gasteiger partial charge in [-0.05, 0) is 24.7 Å². The molecule has 86 valence electrons. The van der Waals surface area contributed by atoms with Crippen molar-refractivity contribution in [3.8, 4) is 0 Å². The number of carboxylic acids is 1. The number of carbonyl (C=O) groups is 1.